The summed E-state index contributed by atoms with van der Waals surface area (Å²) in [6.07, 6.45) is 7.11. The van der Waals surface area contributed by atoms with E-state index in [2.05, 4.69) is 15.7 Å². The monoisotopic (exact) mass is 352 g/mol. The molecule has 0 saturated carbocycles. The number of hydrogen-bond acceptors (Lipinski definition) is 4. The van der Waals surface area contributed by atoms with Crippen LogP contribution in [0.1, 0.15) is 12.8 Å². The zero-order valence-corrected chi connectivity index (χ0v) is 14.6. The van der Waals surface area contributed by atoms with Crippen LogP contribution in [0.25, 0.3) is 0 Å². The number of carbonyl (C=O) groups excluding carboxylic acids is 1. The van der Waals surface area contributed by atoms with Crippen LogP contribution in [0.5, 0.6) is 0 Å². The topological polar surface area (TPSA) is 59.0 Å². The molecule has 1 aliphatic heterocycles. The second-order valence-electron chi connectivity index (χ2n) is 5.42. The Hall–Kier alpha value is -1.50. The van der Waals surface area contributed by atoms with E-state index in [1.165, 1.54) is 0 Å². The van der Waals surface area contributed by atoms with E-state index in [9.17, 15) is 4.79 Å². The fraction of sp³-hybridized carbons (Fsp3) is 0.375. The molecule has 1 aromatic heterocycles. The van der Waals surface area contributed by atoms with E-state index in [0.29, 0.717) is 0 Å². The van der Waals surface area contributed by atoms with Crippen molar-refractivity contribution >= 4 is 35.8 Å². The van der Waals surface area contributed by atoms with Gasteiger partial charge in [-0.2, -0.15) is 5.10 Å². The van der Waals surface area contributed by atoms with Gasteiger partial charge >= 0.3 is 0 Å². The van der Waals surface area contributed by atoms with E-state index in [1.807, 2.05) is 47.5 Å². The van der Waals surface area contributed by atoms with Crippen molar-refractivity contribution in [3.05, 3.63) is 42.7 Å². The van der Waals surface area contributed by atoms with Gasteiger partial charge < -0.3 is 10.6 Å². The maximum Gasteiger partial charge on any atom is 0.252 e. The lowest BCUT2D eigenvalue weighted by molar-refractivity contribution is -0.126. The molecule has 0 radical (unpaired) electrons. The number of nitrogens with one attached hydrogen (secondary N) is 2. The molecule has 1 aliphatic rings. The SMILES string of the molecule is CSc1cccc(NC(=O)C2(n3cccn3)CCNCC2)c1.Cl. The molecule has 124 valence electrons. The lowest BCUT2D eigenvalue weighted by Gasteiger charge is -2.36. The van der Waals surface area contributed by atoms with Crippen LogP contribution in [-0.4, -0.2) is 35.0 Å². The van der Waals surface area contributed by atoms with E-state index in [0.717, 1.165) is 36.5 Å². The van der Waals surface area contributed by atoms with Crippen molar-refractivity contribution in [1.29, 1.82) is 0 Å². The normalized spacial score (nSPS) is 16.4. The van der Waals surface area contributed by atoms with Crippen molar-refractivity contribution in [3.8, 4) is 0 Å². The number of thioether (sulfide) groups is 1. The summed E-state index contributed by atoms with van der Waals surface area (Å²) in [5.74, 6) is 0.0101. The lowest BCUT2D eigenvalue weighted by atomic mass is 9.87. The van der Waals surface area contributed by atoms with Crippen LogP contribution in [0.15, 0.2) is 47.6 Å². The van der Waals surface area contributed by atoms with Gasteiger partial charge in [0.15, 0.2) is 0 Å². The first-order valence-corrected chi connectivity index (χ1v) is 8.63. The third-order valence-corrected chi connectivity index (χ3v) is 4.85. The molecule has 2 aromatic rings. The summed E-state index contributed by atoms with van der Waals surface area (Å²) in [6, 6.07) is 9.79. The minimum Gasteiger partial charge on any atom is -0.324 e. The second-order valence-corrected chi connectivity index (χ2v) is 6.30. The summed E-state index contributed by atoms with van der Waals surface area (Å²) in [6.45, 7) is 1.64. The summed E-state index contributed by atoms with van der Waals surface area (Å²) in [5, 5.41) is 10.7. The van der Waals surface area contributed by atoms with Crippen molar-refractivity contribution in [1.82, 2.24) is 15.1 Å². The molecular formula is C16H21ClN4OS. The zero-order valence-electron chi connectivity index (χ0n) is 13.0. The number of piperidine rings is 1. The number of rotatable bonds is 4. The highest BCUT2D eigenvalue weighted by molar-refractivity contribution is 7.98. The quantitative estimate of drug-likeness (QED) is 0.831. The highest BCUT2D eigenvalue weighted by atomic mass is 35.5. The van der Waals surface area contributed by atoms with E-state index >= 15 is 0 Å². The molecule has 0 bridgehead atoms. The van der Waals surface area contributed by atoms with Crippen LogP contribution in [0.3, 0.4) is 0 Å². The van der Waals surface area contributed by atoms with E-state index < -0.39 is 5.54 Å². The molecule has 23 heavy (non-hydrogen) atoms. The molecule has 1 amide bonds. The van der Waals surface area contributed by atoms with Gasteiger partial charge in [0.2, 0.25) is 0 Å². The highest BCUT2D eigenvalue weighted by Crippen LogP contribution is 2.29. The van der Waals surface area contributed by atoms with Crippen molar-refractivity contribution in [2.24, 2.45) is 0 Å². The molecule has 5 nitrogen and oxygen atoms in total. The van der Waals surface area contributed by atoms with E-state index in [1.54, 1.807) is 18.0 Å². The van der Waals surface area contributed by atoms with Crippen LogP contribution in [-0.2, 0) is 10.3 Å². The van der Waals surface area contributed by atoms with Gasteiger partial charge in [-0.1, -0.05) is 6.07 Å². The Morgan fingerprint density at radius 2 is 2.13 bits per heavy atom. The summed E-state index contributed by atoms with van der Waals surface area (Å²) in [4.78, 5) is 14.1. The van der Waals surface area contributed by atoms with Gasteiger partial charge in [-0.05, 0) is 56.5 Å². The van der Waals surface area contributed by atoms with E-state index in [4.69, 9.17) is 0 Å². The largest absolute Gasteiger partial charge is 0.324 e. The molecule has 0 unspecified atom stereocenters. The van der Waals surface area contributed by atoms with Gasteiger partial charge in [0, 0.05) is 23.0 Å². The molecule has 0 spiro atoms. The average Bonchev–Trinajstić information content (AvgIpc) is 3.10. The number of amides is 1. The fourth-order valence-electron chi connectivity index (χ4n) is 2.87. The van der Waals surface area contributed by atoms with Gasteiger partial charge in [-0.3, -0.25) is 9.48 Å². The number of carbonyl (C=O) groups is 1. The van der Waals surface area contributed by atoms with Crippen LogP contribution >= 0.6 is 24.2 Å². The van der Waals surface area contributed by atoms with Crippen molar-refractivity contribution in [3.63, 3.8) is 0 Å². The molecule has 2 N–H and O–H groups in total. The first kappa shape index (κ1) is 17.8. The van der Waals surface area contributed by atoms with Gasteiger partial charge in [0.05, 0.1) is 0 Å². The minimum atomic E-state index is -0.607. The molecule has 1 saturated heterocycles. The Bertz CT molecular complexity index is 641. The number of benzene rings is 1. The van der Waals surface area contributed by atoms with Crippen LogP contribution in [0, 0.1) is 0 Å². The summed E-state index contributed by atoms with van der Waals surface area (Å²) in [7, 11) is 0. The van der Waals surface area contributed by atoms with Gasteiger partial charge in [-0.25, -0.2) is 0 Å². The molecule has 0 aliphatic carbocycles. The predicted molar refractivity (Wildman–Crippen MR) is 96.4 cm³/mol. The number of anilines is 1. The Balaban J connectivity index is 0.00000192. The Labute approximate surface area is 146 Å². The summed E-state index contributed by atoms with van der Waals surface area (Å²) in [5.41, 5.74) is 0.228. The molecule has 2 heterocycles. The molecule has 0 atom stereocenters. The third kappa shape index (κ3) is 3.71. The van der Waals surface area contributed by atoms with Crippen LogP contribution in [0.4, 0.5) is 5.69 Å². The molecule has 1 aromatic carbocycles. The number of nitrogens with zero attached hydrogens (tertiary/aromatic N) is 2. The molecule has 3 rings (SSSR count). The predicted octanol–water partition coefficient (Wildman–Crippen LogP) is 2.74. The molecular weight excluding hydrogens is 332 g/mol. The highest BCUT2D eigenvalue weighted by Gasteiger charge is 2.42. The Morgan fingerprint density at radius 1 is 1.35 bits per heavy atom. The maximum atomic E-state index is 13.0. The smallest absolute Gasteiger partial charge is 0.252 e. The Morgan fingerprint density at radius 3 is 2.78 bits per heavy atom. The Kier molecular flexibility index (Phi) is 6.10. The molecule has 1 fully saturated rings. The van der Waals surface area contributed by atoms with Crippen molar-refractivity contribution < 1.29 is 4.79 Å². The zero-order chi connectivity index (χ0) is 15.4. The summed E-state index contributed by atoms with van der Waals surface area (Å²) >= 11 is 1.66. The van der Waals surface area contributed by atoms with Crippen LogP contribution in [0.2, 0.25) is 0 Å². The van der Waals surface area contributed by atoms with Crippen molar-refractivity contribution in [2.75, 3.05) is 24.7 Å². The summed E-state index contributed by atoms with van der Waals surface area (Å²) < 4.78 is 1.81. The number of hydrogen-bond donors (Lipinski definition) is 2. The lowest BCUT2D eigenvalue weighted by Crippen LogP contribution is -2.52. The van der Waals surface area contributed by atoms with Crippen LogP contribution < -0.4 is 10.6 Å². The minimum absolute atomic E-state index is 0. The number of halogens is 1. The first-order valence-electron chi connectivity index (χ1n) is 7.41. The average molecular weight is 353 g/mol. The molecule has 7 heteroatoms. The van der Waals surface area contributed by atoms with Gasteiger partial charge in [0.1, 0.15) is 5.54 Å². The number of aromatic nitrogens is 2. The van der Waals surface area contributed by atoms with Gasteiger partial charge in [-0.15, -0.1) is 24.2 Å². The standard InChI is InChI=1S/C16H20N4OS.ClH/c1-22-14-5-2-4-13(12-14)19-15(21)16(6-9-17-10-7-16)20-11-3-8-18-20;/h2-5,8,11-12,17H,6-7,9-10H2,1H3,(H,19,21);1H. The van der Waals surface area contributed by atoms with Crippen molar-refractivity contribution in [2.45, 2.75) is 23.3 Å². The maximum absolute atomic E-state index is 13.0. The first-order chi connectivity index (χ1) is 10.7. The fourth-order valence-corrected chi connectivity index (χ4v) is 3.33. The third-order valence-electron chi connectivity index (χ3n) is 4.12. The van der Waals surface area contributed by atoms with Gasteiger partial charge in [0.25, 0.3) is 5.91 Å². The van der Waals surface area contributed by atoms with E-state index in [-0.39, 0.29) is 18.3 Å². The second kappa shape index (κ2) is 7.86.